The van der Waals surface area contributed by atoms with E-state index in [-0.39, 0.29) is 23.3 Å². The summed E-state index contributed by atoms with van der Waals surface area (Å²) in [5.74, 6) is -0.573. The normalized spacial score (nSPS) is 12.2. The molecule has 0 aliphatic rings. The molecule has 0 fully saturated rings. The number of hydrogen-bond acceptors (Lipinski definition) is 4. The summed E-state index contributed by atoms with van der Waals surface area (Å²) in [5.41, 5.74) is 2.68. The number of nitrogens with zero attached hydrogens (tertiary/aromatic N) is 2. The molecular weight excluding hydrogens is 546 g/mol. The summed E-state index contributed by atoms with van der Waals surface area (Å²) in [6.07, 6.45) is 0.342. The molecule has 1 N–H and O–H groups in total. The summed E-state index contributed by atoms with van der Waals surface area (Å²) >= 11 is 6.45. The zero-order chi connectivity index (χ0) is 29.4. The molecule has 2 amide bonds. The first kappa shape index (κ1) is 31.2. The maximum atomic E-state index is 14.1. The second-order valence-electron chi connectivity index (χ2n) is 10.3. The van der Waals surface area contributed by atoms with Crippen molar-refractivity contribution >= 4 is 39.1 Å². The van der Waals surface area contributed by atoms with Crippen LogP contribution in [0.5, 0.6) is 0 Å². The zero-order valence-corrected chi connectivity index (χ0v) is 25.3. The molecule has 0 heterocycles. The molecule has 7 nitrogen and oxygen atoms in total. The van der Waals surface area contributed by atoms with Crippen molar-refractivity contribution in [1.82, 2.24) is 10.2 Å². The fraction of sp³-hybridized carbons (Fsp3) is 0.355. The number of para-hydroxylation sites is 1. The SMILES string of the molecule is CC[C@H](C(=O)NCC(C)C)N(Cc1ccccc1Cl)C(=O)CN(c1ccccc1C)S(=O)(=O)c1ccc(C)cc1. The molecule has 0 unspecified atom stereocenters. The van der Waals surface area contributed by atoms with E-state index in [4.69, 9.17) is 11.6 Å². The second kappa shape index (κ2) is 13.8. The maximum Gasteiger partial charge on any atom is 0.264 e. The third-order valence-electron chi connectivity index (χ3n) is 6.64. The Balaban J connectivity index is 2.07. The second-order valence-corrected chi connectivity index (χ2v) is 12.6. The molecule has 0 radical (unpaired) electrons. The van der Waals surface area contributed by atoms with Gasteiger partial charge in [-0.15, -0.1) is 0 Å². The van der Waals surface area contributed by atoms with E-state index in [1.54, 1.807) is 55.5 Å². The highest BCUT2D eigenvalue weighted by molar-refractivity contribution is 7.92. The number of amides is 2. The Kier molecular flexibility index (Phi) is 10.8. The summed E-state index contributed by atoms with van der Waals surface area (Å²) in [4.78, 5) is 28.9. The minimum Gasteiger partial charge on any atom is -0.354 e. The number of anilines is 1. The lowest BCUT2D eigenvalue weighted by Crippen LogP contribution is -2.52. The van der Waals surface area contributed by atoms with Gasteiger partial charge in [-0.3, -0.25) is 13.9 Å². The number of benzene rings is 3. The van der Waals surface area contributed by atoms with Crippen LogP contribution in [-0.4, -0.2) is 44.3 Å². The predicted molar refractivity (Wildman–Crippen MR) is 161 cm³/mol. The van der Waals surface area contributed by atoms with Gasteiger partial charge in [-0.25, -0.2) is 8.42 Å². The van der Waals surface area contributed by atoms with E-state index in [1.807, 2.05) is 39.8 Å². The molecular formula is C31H38ClN3O4S. The van der Waals surface area contributed by atoms with Crippen LogP contribution in [0.4, 0.5) is 5.69 Å². The van der Waals surface area contributed by atoms with Gasteiger partial charge in [-0.05, 0) is 61.6 Å². The van der Waals surface area contributed by atoms with Crippen LogP contribution in [0.15, 0.2) is 77.7 Å². The fourth-order valence-electron chi connectivity index (χ4n) is 4.35. The Morgan fingerprint density at radius 1 is 0.925 bits per heavy atom. The first-order valence-electron chi connectivity index (χ1n) is 13.4. The number of carbonyl (C=O) groups is 2. The number of nitrogens with one attached hydrogen (secondary N) is 1. The molecule has 0 aliphatic heterocycles. The summed E-state index contributed by atoms with van der Waals surface area (Å²) in [7, 11) is -4.12. The molecule has 9 heteroatoms. The molecule has 3 rings (SSSR count). The van der Waals surface area contributed by atoms with Crippen molar-refractivity contribution in [3.8, 4) is 0 Å². The van der Waals surface area contributed by atoms with Crippen LogP contribution in [-0.2, 0) is 26.2 Å². The van der Waals surface area contributed by atoms with E-state index in [9.17, 15) is 18.0 Å². The first-order valence-corrected chi connectivity index (χ1v) is 15.2. The van der Waals surface area contributed by atoms with Crippen molar-refractivity contribution in [2.45, 2.75) is 58.5 Å². The number of rotatable bonds is 12. The van der Waals surface area contributed by atoms with E-state index >= 15 is 0 Å². The van der Waals surface area contributed by atoms with Gasteiger partial charge in [0, 0.05) is 18.1 Å². The Hall–Kier alpha value is -3.36. The van der Waals surface area contributed by atoms with Crippen LogP contribution in [0.2, 0.25) is 5.02 Å². The fourth-order valence-corrected chi connectivity index (χ4v) is 6.02. The van der Waals surface area contributed by atoms with Crippen molar-refractivity contribution < 1.29 is 18.0 Å². The number of hydrogen-bond donors (Lipinski definition) is 1. The monoisotopic (exact) mass is 583 g/mol. The smallest absolute Gasteiger partial charge is 0.264 e. The molecule has 40 heavy (non-hydrogen) atoms. The van der Waals surface area contributed by atoms with Gasteiger partial charge in [0.15, 0.2) is 0 Å². The van der Waals surface area contributed by atoms with Crippen LogP contribution in [0.1, 0.15) is 43.9 Å². The molecule has 0 aliphatic carbocycles. The standard InChI is InChI=1S/C31H38ClN3O4S/c1-6-28(31(37)33-19-22(2)3)34(20-25-12-8-9-13-27(25)32)30(36)21-35(29-14-10-7-11-24(29)5)40(38,39)26-17-15-23(4)16-18-26/h7-18,22,28H,6,19-21H2,1-5H3,(H,33,37)/t28-/m1/s1. The number of halogens is 1. The highest BCUT2D eigenvalue weighted by Gasteiger charge is 2.34. The average molecular weight is 584 g/mol. The lowest BCUT2D eigenvalue weighted by molar-refractivity contribution is -0.140. The Bertz CT molecular complexity index is 1420. The van der Waals surface area contributed by atoms with Gasteiger partial charge in [0.1, 0.15) is 12.6 Å². The first-order chi connectivity index (χ1) is 18.9. The minimum atomic E-state index is -4.12. The number of carbonyl (C=O) groups excluding carboxylic acids is 2. The Labute approximate surface area is 243 Å². The van der Waals surface area contributed by atoms with Gasteiger partial charge in [0.25, 0.3) is 10.0 Å². The highest BCUT2D eigenvalue weighted by atomic mass is 35.5. The van der Waals surface area contributed by atoms with Gasteiger partial charge in [0.2, 0.25) is 11.8 Å². The molecule has 0 saturated heterocycles. The van der Waals surface area contributed by atoms with Crippen LogP contribution in [0.3, 0.4) is 0 Å². The van der Waals surface area contributed by atoms with Gasteiger partial charge >= 0.3 is 0 Å². The van der Waals surface area contributed by atoms with Crippen LogP contribution in [0, 0.1) is 19.8 Å². The lowest BCUT2D eigenvalue weighted by atomic mass is 10.1. The zero-order valence-electron chi connectivity index (χ0n) is 23.7. The van der Waals surface area contributed by atoms with Crippen LogP contribution >= 0.6 is 11.6 Å². The molecule has 0 spiro atoms. The number of sulfonamides is 1. The Morgan fingerprint density at radius 2 is 1.55 bits per heavy atom. The average Bonchev–Trinajstić information content (AvgIpc) is 2.92. The summed E-state index contributed by atoms with van der Waals surface area (Å²) in [5, 5.41) is 3.39. The van der Waals surface area contributed by atoms with Crippen LogP contribution in [0.25, 0.3) is 0 Å². The summed E-state index contributed by atoms with van der Waals surface area (Å²) in [6.45, 7) is 9.51. The van der Waals surface area contributed by atoms with E-state index in [2.05, 4.69) is 5.32 Å². The molecule has 0 saturated carbocycles. The van der Waals surface area contributed by atoms with Crippen molar-refractivity contribution in [3.05, 3.63) is 94.5 Å². The minimum absolute atomic E-state index is 0.0539. The third-order valence-corrected chi connectivity index (χ3v) is 8.78. The van der Waals surface area contributed by atoms with E-state index in [1.165, 1.54) is 17.0 Å². The van der Waals surface area contributed by atoms with Crippen molar-refractivity contribution in [2.75, 3.05) is 17.4 Å². The van der Waals surface area contributed by atoms with E-state index in [0.717, 1.165) is 9.87 Å². The maximum absolute atomic E-state index is 14.1. The van der Waals surface area contributed by atoms with Crippen molar-refractivity contribution in [2.24, 2.45) is 5.92 Å². The lowest BCUT2D eigenvalue weighted by Gasteiger charge is -2.34. The largest absolute Gasteiger partial charge is 0.354 e. The molecule has 0 aromatic heterocycles. The molecule has 3 aromatic carbocycles. The van der Waals surface area contributed by atoms with E-state index in [0.29, 0.717) is 34.8 Å². The van der Waals surface area contributed by atoms with Gasteiger partial charge in [0.05, 0.1) is 10.6 Å². The van der Waals surface area contributed by atoms with Gasteiger partial charge in [-0.2, -0.15) is 0 Å². The summed E-state index contributed by atoms with van der Waals surface area (Å²) < 4.78 is 29.1. The van der Waals surface area contributed by atoms with Gasteiger partial charge in [-0.1, -0.05) is 86.5 Å². The quantitative estimate of drug-likeness (QED) is 0.295. The molecule has 3 aromatic rings. The summed E-state index contributed by atoms with van der Waals surface area (Å²) in [6, 6.07) is 19.9. The molecule has 0 bridgehead atoms. The molecule has 1 atom stereocenters. The van der Waals surface area contributed by atoms with Crippen LogP contribution < -0.4 is 9.62 Å². The Morgan fingerprint density at radius 3 is 2.15 bits per heavy atom. The van der Waals surface area contributed by atoms with E-state index < -0.39 is 28.5 Å². The number of aryl methyl sites for hydroxylation is 2. The third kappa shape index (κ3) is 7.64. The molecule has 214 valence electrons. The van der Waals surface area contributed by atoms with Crippen molar-refractivity contribution in [3.63, 3.8) is 0 Å². The topological polar surface area (TPSA) is 86.8 Å². The highest BCUT2D eigenvalue weighted by Crippen LogP contribution is 2.28. The van der Waals surface area contributed by atoms with Crippen molar-refractivity contribution in [1.29, 1.82) is 0 Å². The van der Waals surface area contributed by atoms with Gasteiger partial charge < -0.3 is 10.2 Å². The predicted octanol–water partition coefficient (Wildman–Crippen LogP) is 5.73.